The number of nitrogens with zero attached hydrogens (tertiary/aromatic N) is 4. The predicted octanol–water partition coefficient (Wildman–Crippen LogP) is 7.84. The largest absolute Gasteiger partial charge is 0.392 e. The van der Waals surface area contributed by atoms with Crippen LogP contribution in [0.1, 0.15) is 5.56 Å². The molecule has 0 bridgehead atoms. The number of halogens is 3. The fourth-order valence-corrected chi connectivity index (χ4v) is 9.96. The van der Waals surface area contributed by atoms with Gasteiger partial charge in [0.25, 0.3) is 20.0 Å². The highest BCUT2D eigenvalue weighted by Crippen LogP contribution is 2.35. The third-order valence-electron chi connectivity index (χ3n) is 7.14. The molecule has 47 heavy (non-hydrogen) atoms. The SMILES string of the molecule is O=S(=O)(c1ccccc1)n1c(-c2cccc(CO)c2)cc2c(Br)ccnc21.O=S(=O)(c1ccccc1)n1c(I)cc2c(Br)ccnc21. The normalized spacial score (nSPS) is 11.8. The topological polar surface area (TPSA) is 124 Å². The van der Waals surface area contributed by atoms with Crippen molar-refractivity contribution in [2.45, 2.75) is 16.4 Å². The van der Waals surface area contributed by atoms with Gasteiger partial charge in [-0.05, 0) is 120 Å². The zero-order valence-electron chi connectivity index (χ0n) is 24.1. The number of aliphatic hydroxyl groups is 1. The van der Waals surface area contributed by atoms with Crippen molar-refractivity contribution in [3.8, 4) is 11.3 Å². The van der Waals surface area contributed by atoms with Crippen molar-refractivity contribution in [3.63, 3.8) is 0 Å². The van der Waals surface area contributed by atoms with E-state index in [0.717, 1.165) is 14.3 Å². The van der Waals surface area contributed by atoms with Crippen LogP contribution in [-0.4, -0.2) is 39.9 Å². The Morgan fingerprint density at radius 1 is 0.638 bits per heavy atom. The van der Waals surface area contributed by atoms with Gasteiger partial charge < -0.3 is 5.11 Å². The fraction of sp³-hybridized carbons (Fsp3) is 0.0303. The third kappa shape index (κ3) is 6.41. The molecule has 0 unspecified atom stereocenters. The molecule has 0 aliphatic carbocycles. The summed E-state index contributed by atoms with van der Waals surface area (Å²) in [6.45, 7) is -0.124. The quantitative estimate of drug-likeness (QED) is 0.169. The van der Waals surface area contributed by atoms with Gasteiger partial charge in [0.15, 0.2) is 11.3 Å². The Balaban J connectivity index is 0.000000172. The number of aromatic nitrogens is 4. The van der Waals surface area contributed by atoms with Crippen molar-refractivity contribution in [2.24, 2.45) is 0 Å². The van der Waals surface area contributed by atoms with Crippen molar-refractivity contribution < 1.29 is 21.9 Å². The first kappa shape index (κ1) is 33.5. The van der Waals surface area contributed by atoms with Gasteiger partial charge in [-0.25, -0.2) is 34.7 Å². The summed E-state index contributed by atoms with van der Waals surface area (Å²) in [5.74, 6) is 0. The first-order valence-corrected chi connectivity index (χ1v) is 19.4. The lowest BCUT2D eigenvalue weighted by molar-refractivity contribution is 0.282. The highest BCUT2D eigenvalue weighted by molar-refractivity contribution is 14.1. The van der Waals surface area contributed by atoms with E-state index in [1.165, 1.54) is 7.94 Å². The van der Waals surface area contributed by atoms with E-state index in [1.54, 1.807) is 116 Å². The first-order valence-electron chi connectivity index (χ1n) is 13.8. The van der Waals surface area contributed by atoms with Crippen molar-refractivity contribution in [1.29, 1.82) is 0 Å². The lowest BCUT2D eigenvalue weighted by Gasteiger charge is -2.12. The minimum absolute atomic E-state index is 0.124. The lowest BCUT2D eigenvalue weighted by atomic mass is 10.1. The van der Waals surface area contributed by atoms with E-state index < -0.39 is 20.0 Å². The van der Waals surface area contributed by atoms with Crippen molar-refractivity contribution in [3.05, 3.63) is 140 Å². The molecule has 0 radical (unpaired) electrons. The van der Waals surface area contributed by atoms with Gasteiger partial charge in [-0.15, -0.1) is 0 Å². The van der Waals surface area contributed by atoms with Crippen LogP contribution in [0.4, 0.5) is 0 Å². The Morgan fingerprint density at radius 2 is 1.15 bits per heavy atom. The molecule has 7 rings (SSSR count). The number of pyridine rings is 2. The van der Waals surface area contributed by atoms with Gasteiger partial charge in [0, 0.05) is 32.1 Å². The number of hydrogen-bond donors (Lipinski definition) is 1. The number of hydrogen-bond acceptors (Lipinski definition) is 7. The van der Waals surface area contributed by atoms with Gasteiger partial charge in [0.05, 0.1) is 25.8 Å². The van der Waals surface area contributed by atoms with Crippen LogP contribution in [0.2, 0.25) is 0 Å². The number of fused-ring (bicyclic) bond motifs is 2. The molecule has 0 fully saturated rings. The van der Waals surface area contributed by atoms with Crippen molar-refractivity contribution >= 4 is 96.6 Å². The molecule has 1 N–H and O–H groups in total. The average molecular weight is 906 g/mol. The summed E-state index contributed by atoms with van der Waals surface area (Å²) in [7, 11) is -7.51. The number of benzene rings is 3. The van der Waals surface area contributed by atoms with E-state index in [4.69, 9.17) is 0 Å². The van der Waals surface area contributed by atoms with E-state index in [9.17, 15) is 21.9 Å². The van der Waals surface area contributed by atoms with Crippen molar-refractivity contribution in [2.75, 3.05) is 0 Å². The molecular formula is C33H23Br2IN4O5S2. The van der Waals surface area contributed by atoms with Gasteiger partial charge in [0.1, 0.15) is 0 Å². The maximum Gasteiger partial charge on any atom is 0.270 e. The first-order chi connectivity index (χ1) is 22.5. The molecule has 0 atom stereocenters. The van der Waals surface area contributed by atoms with Crippen LogP contribution < -0.4 is 0 Å². The second-order valence-corrected chi connectivity index (χ2v) is 16.5. The zero-order valence-corrected chi connectivity index (χ0v) is 31.0. The van der Waals surface area contributed by atoms with Crippen LogP contribution in [0.3, 0.4) is 0 Å². The summed E-state index contributed by atoms with van der Waals surface area (Å²) in [4.78, 5) is 8.96. The van der Waals surface area contributed by atoms with Gasteiger partial charge in [-0.2, -0.15) is 0 Å². The highest BCUT2D eigenvalue weighted by atomic mass is 127. The maximum absolute atomic E-state index is 13.4. The van der Waals surface area contributed by atoms with Gasteiger partial charge in [-0.1, -0.05) is 54.6 Å². The van der Waals surface area contributed by atoms with Crippen LogP contribution in [0, 0.1) is 3.70 Å². The van der Waals surface area contributed by atoms with Gasteiger partial charge >= 0.3 is 0 Å². The monoisotopic (exact) mass is 904 g/mol. The standard InChI is InChI=1S/C20H15BrN2O3S.C13H8BrIN2O2S/c21-18-9-10-22-20-17(18)12-19(15-6-4-5-14(11-15)13-24)23(20)27(25,26)16-7-2-1-3-8-16;14-11-6-7-16-13-10(11)8-12(15)17(13)20(18,19)9-4-2-1-3-5-9/h1-12,24H,13H2;1-8H. The molecule has 0 saturated heterocycles. The van der Waals surface area contributed by atoms with Crippen molar-refractivity contribution in [1.82, 2.24) is 17.9 Å². The summed E-state index contributed by atoms with van der Waals surface area (Å²) >= 11 is 8.90. The summed E-state index contributed by atoms with van der Waals surface area (Å²) in [5.41, 5.74) is 2.65. The molecule has 238 valence electrons. The lowest BCUT2D eigenvalue weighted by Crippen LogP contribution is -2.14. The molecule has 3 aromatic carbocycles. The summed E-state index contributed by atoms with van der Waals surface area (Å²) in [5, 5.41) is 10.9. The van der Waals surface area contributed by atoms with E-state index in [0.29, 0.717) is 37.2 Å². The Morgan fingerprint density at radius 3 is 1.70 bits per heavy atom. The molecular weight excluding hydrogens is 883 g/mol. The molecule has 0 aliphatic rings. The molecule has 4 aromatic heterocycles. The second-order valence-electron chi connectivity index (χ2n) is 10.1. The van der Waals surface area contributed by atoms with Crippen LogP contribution in [-0.2, 0) is 26.7 Å². The molecule has 0 saturated carbocycles. The number of rotatable bonds is 6. The Hall–Kier alpha value is -3.41. The maximum atomic E-state index is 13.4. The minimum Gasteiger partial charge on any atom is -0.392 e. The summed E-state index contributed by atoms with van der Waals surface area (Å²) < 4.78 is 57.0. The molecule has 0 amide bonds. The highest BCUT2D eigenvalue weighted by Gasteiger charge is 2.26. The second kappa shape index (κ2) is 13.6. The molecule has 14 heteroatoms. The van der Waals surface area contributed by atoms with Gasteiger partial charge in [0.2, 0.25) is 0 Å². The molecule has 0 aliphatic heterocycles. The molecule has 7 aromatic rings. The van der Waals surface area contributed by atoms with Crippen LogP contribution >= 0.6 is 54.5 Å². The molecule has 9 nitrogen and oxygen atoms in total. The smallest absolute Gasteiger partial charge is 0.270 e. The Bertz CT molecular complexity index is 2470. The fourth-order valence-electron chi connectivity index (χ4n) is 4.96. The summed E-state index contributed by atoms with van der Waals surface area (Å²) in [6.07, 6.45) is 3.15. The third-order valence-corrected chi connectivity index (χ3v) is 13.1. The van der Waals surface area contributed by atoms with E-state index in [2.05, 4.69) is 41.8 Å². The van der Waals surface area contributed by atoms with Crippen LogP contribution in [0.15, 0.2) is 140 Å². The van der Waals surface area contributed by atoms with Gasteiger partial charge in [-0.3, -0.25) is 0 Å². The average Bonchev–Trinajstić information content (AvgIpc) is 3.66. The van der Waals surface area contributed by atoms with E-state index in [1.807, 2.05) is 28.7 Å². The molecule has 0 spiro atoms. The Kier molecular flexibility index (Phi) is 9.69. The van der Waals surface area contributed by atoms with E-state index in [-0.39, 0.29) is 16.4 Å². The molecule has 4 heterocycles. The Labute approximate surface area is 301 Å². The zero-order chi connectivity index (χ0) is 33.3. The minimum atomic E-state index is -3.87. The number of aliphatic hydroxyl groups excluding tert-OH is 1. The summed E-state index contributed by atoms with van der Waals surface area (Å²) in [6, 6.07) is 31.0. The predicted molar refractivity (Wildman–Crippen MR) is 197 cm³/mol. The van der Waals surface area contributed by atoms with E-state index >= 15 is 0 Å². The van der Waals surface area contributed by atoms with Crippen LogP contribution in [0.5, 0.6) is 0 Å². The van der Waals surface area contributed by atoms with Crippen LogP contribution in [0.25, 0.3) is 33.3 Å².